The molecule has 0 aromatic carbocycles. The highest BCUT2D eigenvalue weighted by atomic mass is 16.2. The molecule has 0 spiro atoms. The zero-order chi connectivity index (χ0) is 12.4. The summed E-state index contributed by atoms with van der Waals surface area (Å²) in [6.45, 7) is 4.38. The van der Waals surface area contributed by atoms with E-state index in [1.807, 2.05) is 13.8 Å². The Morgan fingerprint density at radius 2 is 1.53 bits per heavy atom. The Bertz CT molecular complexity index is 287. The maximum absolute atomic E-state index is 11.9. The molecule has 0 radical (unpaired) electrons. The number of rotatable bonds is 3. The molecular formula is C14H23NO2. The van der Waals surface area contributed by atoms with Crippen LogP contribution in [0.3, 0.4) is 0 Å². The summed E-state index contributed by atoms with van der Waals surface area (Å²) in [5, 5.41) is 0. The van der Waals surface area contributed by atoms with Crippen molar-refractivity contribution in [1.82, 2.24) is 4.90 Å². The van der Waals surface area contributed by atoms with Crippen molar-refractivity contribution in [2.45, 2.75) is 52.4 Å². The first-order valence-corrected chi connectivity index (χ1v) is 6.96. The lowest BCUT2D eigenvalue weighted by molar-refractivity contribution is -0.140. The van der Waals surface area contributed by atoms with Crippen LogP contribution in [-0.4, -0.2) is 23.3 Å². The summed E-state index contributed by atoms with van der Waals surface area (Å²) in [6, 6.07) is 0. The van der Waals surface area contributed by atoms with E-state index < -0.39 is 0 Å². The molecule has 2 amide bonds. The van der Waals surface area contributed by atoms with Crippen molar-refractivity contribution in [1.29, 1.82) is 0 Å². The van der Waals surface area contributed by atoms with Crippen molar-refractivity contribution in [3.05, 3.63) is 0 Å². The first kappa shape index (κ1) is 12.6. The minimum atomic E-state index is -0.117. The monoisotopic (exact) mass is 237 g/mol. The molecule has 1 aliphatic carbocycles. The predicted octanol–water partition coefficient (Wildman–Crippen LogP) is 2.60. The van der Waals surface area contributed by atoms with Crippen LogP contribution in [0.25, 0.3) is 0 Å². The van der Waals surface area contributed by atoms with E-state index in [4.69, 9.17) is 0 Å². The van der Waals surface area contributed by atoms with E-state index in [0.717, 1.165) is 12.3 Å². The highest BCUT2D eigenvalue weighted by molar-refractivity contribution is 6.04. The van der Waals surface area contributed by atoms with Gasteiger partial charge in [0.2, 0.25) is 11.8 Å². The van der Waals surface area contributed by atoms with Gasteiger partial charge in [0.05, 0.1) is 0 Å². The average molecular weight is 237 g/mol. The number of hydrogen-bond donors (Lipinski definition) is 0. The standard InChI is InChI=1S/C14H23NO2/c1-10-11(2)14(17)15(13(10)16)9-8-12-6-4-3-5-7-12/h10-12H,3-9H2,1-2H3. The van der Waals surface area contributed by atoms with Crippen molar-refractivity contribution in [3.63, 3.8) is 0 Å². The summed E-state index contributed by atoms with van der Waals surface area (Å²) in [5.41, 5.74) is 0. The molecule has 2 aliphatic rings. The first-order valence-electron chi connectivity index (χ1n) is 6.96. The van der Waals surface area contributed by atoms with E-state index in [0.29, 0.717) is 6.54 Å². The van der Waals surface area contributed by atoms with Crippen LogP contribution in [-0.2, 0) is 9.59 Å². The van der Waals surface area contributed by atoms with Crippen molar-refractivity contribution in [2.75, 3.05) is 6.54 Å². The topological polar surface area (TPSA) is 37.4 Å². The summed E-state index contributed by atoms with van der Waals surface area (Å²) in [7, 11) is 0. The molecule has 0 bridgehead atoms. The number of hydrogen-bond acceptors (Lipinski definition) is 2. The van der Waals surface area contributed by atoms with Gasteiger partial charge in [-0.1, -0.05) is 46.0 Å². The third-order valence-electron chi connectivity index (χ3n) is 4.55. The molecule has 0 aromatic rings. The van der Waals surface area contributed by atoms with E-state index in [9.17, 15) is 9.59 Å². The maximum Gasteiger partial charge on any atom is 0.232 e. The quantitative estimate of drug-likeness (QED) is 0.707. The Kier molecular flexibility index (Phi) is 3.85. The van der Waals surface area contributed by atoms with Gasteiger partial charge in [-0.2, -0.15) is 0 Å². The molecule has 1 saturated carbocycles. The molecule has 2 atom stereocenters. The second-order valence-electron chi connectivity index (χ2n) is 5.70. The second-order valence-corrected chi connectivity index (χ2v) is 5.70. The normalized spacial score (nSPS) is 31.3. The van der Waals surface area contributed by atoms with Gasteiger partial charge in [0.1, 0.15) is 0 Å². The number of imide groups is 1. The fraction of sp³-hybridized carbons (Fsp3) is 0.857. The first-order chi connectivity index (χ1) is 8.11. The largest absolute Gasteiger partial charge is 0.282 e. The van der Waals surface area contributed by atoms with Crippen LogP contribution in [0, 0.1) is 17.8 Å². The molecule has 3 heteroatoms. The maximum atomic E-state index is 11.9. The van der Waals surface area contributed by atoms with Crippen LogP contribution in [0.1, 0.15) is 52.4 Å². The SMILES string of the molecule is CC1C(=O)N(CCC2CCCCC2)C(=O)C1C. The molecule has 17 heavy (non-hydrogen) atoms. The van der Waals surface area contributed by atoms with Crippen molar-refractivity contribution < 1.29 is 9.59 Å². The average Bonchev–Trinajstić information content (AvgIpc) is 2.54. The molecule has 2 fully saturated rings. The highest BCUT2D eigenvalue weighted by Gasteiger charge is 2.41. The lowest BCUT2D eigenvalue weighted by atomic mass is 9.87. The second kappa shape index (κ2) is 5.19. The molecule has 2 unspecified atom stereocenters. The molecule has 1 heterocycles. The highest BCUT2D eigenvalue weighted by Crippen LogP contribution is 2.29. The fourth-order valence-electron chi connectivity index (χ4n) is 3.04. The van der Waals surface area contributed by atoms with Gasteiger partial charge in [0, 0.05) is 18.4 Å². The van der Waals surface area contributed by atoms with Gasteiger partial charge in [0.15, 0.2) is 0 Å². The van der Waals surface area contributed by atoms with Gasteiger partial charge in [-0.25, -0.2) is 0 Å². The third kappa shape index (κ3) is 2.53. The summed E-state index contributed by atoms with van der Waals surface area (Å²) in [5.74, 6) is 0.579. The molecule has 0 N–H and O–H groups in total. The van der Waals surface area contributed by atoms with Crippen LogP contribution < -0.4 is 0 Å². The van der Waals surface area contributed by atoms with Gasteiger partial charge < -0.3 is 0 Å². The van der Waals surface area contributed by atoms with Crippen molar-refractivity contribution in [3.8, 4) is 0 Å². The van der Waals surface area contributed by atoms with Gasteiger partial charge in [0.25, 0.3) is 0 Å². The summed E-state index contributed by atoms with van der Waals surface area (Å²) < 4.78 is 0. The van der Waals surface area contributed by atoms with Crippen LogP contribution in [0.2, 0.25) is 0 Å². The molecule has 96 valence electrons. The lowest BCUT2D eigenvalue weighted by Crippen LogP contribution is -2.33. The summed E-state index contributed by atoms with van der Waals surface area (Å²) >= 11 is 0. The molecule has 2 rings (SSSR count). The Hall–Kier alpha value is -0.860. The predicted molar refractivity (Wildman–Crippen MR) is 66.2 cm³/mol. The minimum Gasteiger partial charge on any atom is -0.282 e. The zero-order valence-corrected chi connectivity index (χ0v) is 10.9. The van der Waals surface area contributed by atoms with Crippen LogP contribution >= 0.6 is 0 Å². The fourth-order valence-corrected chi connectivity index (χ4v) is 3.04. The van der Waals surface area contributed by atoms with Gasteiger partial charge in [-0.3, -0.25) is 14.5 Å². The van der Waals surface area contributed by atoms with E-state index in [-0.39, 0.29) is 23.7 Å². The van der Waals surface area contributed by atoms with Crippen LogP contribution in [0.5, 0.6) is 0 Å². The van der Waals surface area contributed by atoms with Crippen LogP contribution in [0.4, 0.5) is 0 Å². The number of amides is 2. The van der Waals surface area contributed by atoms with Gasteiger partial charge in [-0.15, -0.1) is 0 Å². The van der Waals surface area contributed by atoms with E-state index in [2.05, 4.69) is 0 Å². The lowest BCUT2D eigenvalue weighted by Gasteiger charge is -2.23. The molecule has 1 aliphatic heterocycles. The Labute approximate surface area is 104 Å². The number of carbonyl (C=O) groups is 2. The smallest absolute Gasteiger partial charge is 0.232 e. The molecule has 1 saturated heterocycles. The van der Waals surface area contributed by atoms with Crippen molar-refractivity contribution in [2.24, 2.45) is 17.8 Å². The molecular weight excluding hydrogens is 214 g/mol. The Balaban J connectivity index is 1.86. The van der Waals surface area contributed by atoms with Gasteiger partial charge in [-0.05, 0) is 12.3 Å². The molecule has 0 aromatic heterocycles. The van der Waals surface area contributed by atoms with E-state index >= 15 is 0 Å². The number of likely N-dealkylation sites (tertiary alicyclic amines) is 1. The number of carbonyl (C=O) groups excluding carboxylic acids is 2. The van der Waals surface area contributed by atoms with E-state index in [1.54, 1.807) is 0 Å². The van der Waals surface area contributed by atoms with E-state index in [1.165, 1.54) is 37.0 Å². The van der Waals surface area contributed by atoms with Crippen LogP contribution in [0.15, 0.2) is 0 Å². The molecule has 3 nitrogen and oxygen atoms in total. The Morgan fingerprint density at radius 1 is 1.00 bits per heavy atom. The number of nitrogens with zero attached hydrogens (tertiary/aromatic N) is 1. The Morgan fingerprint density at radius 3 is 2.06 bits per heavy atom. The van der Waals surface area contributed by atoms with Crippen molar-refractivity contribution >= 4 is 11.8 Å². The summed E-state index contributed by atoms with van der Waals surface area (Å²) in [6.07, 6.45) is 7.56. The van der Waals surface area contributed by atoms with Gasteiger partial charge >= 0.3 is 0 Å². The summed E-state index contributed by atoms with van der Waals surface area (Å²) in [4.78, 5) is 25.3. The minimum absolute atomic E-state index is 0.0401. The third-order valence-corrected chi connectivity index (χ3v) is 4.55. The zero-order valence-electron chi connectivity index (χ0n) is 10.9.